The summed E-state index contributed by atoms with van der Waals surface area (Å²) in [5.74, 6) is 0.119. The van der Waals surface area contributed by atoms with Gasteiger partial charge in [0.2, 0.25) is 11.6 Å². The Balaban J connectivity index is 2.12. The third kappa shape index (κ3) is 4.29. The largest absolute Gasteiger partial charge is 0.368 e. The van der Waals surface area contributed by atoms with Gasteiger partial charge in [-0.05, 0) is 17.5 Å². The van der Waals surface area contributed by atoms with Crippen molar-refractivity contribution in [3.05, 3.63) is 58.4 Å². The van der Waals surface area contributed by atoms with Crippen LogP contribution >= 0.6 is 11.8 Å². The molecule has 0 bridgehead atoms. The molecule has 1 saturated heterocycles. The third-order valence-corrected chi connectivity index (χ3v) is 6.27. The lowest BCUT2D eigenvalue weighted by atomic mass is 10.0. The molecule has 1 amide bonds. The van der Waals surface area contributed by atoms with Crippen molar-refractivity contribution in [2.45, 2.75) is 36.5 Å². The minimum atomic E-state index is -0.718. The second-order valence-electron chi connectivity index (χ2n) is 6.86. The molecular weight excluding hydrogens is 398 g/mol. The van der Waals surface area contributed by atoms with Crippen LogP contribution in [0.1, 0.15) is 41.7 Å². The molecule has 0 radical (unpaired) electrons. The number of benzene rings is 1. The van der Waals surface area contributed by atoms with Crippen LogP contribution in [0.15, 0.2) is 35.4 Å². The van der Waals surface area contributed by atoms with E-state index in [9.17, 15) is 14.9 Å². The van der Waals surface area contributed by atoms with Gasteiger partial charge in [0.25, 0.3) is 0 Å². The topological polar surface area (TPSA) is 104 Å². The maximum absolute atomic E-state index is 12.2. The predicted molar refractivity (Wildman–Crippen MR) is 115 cm³/mol. The lowest BCUT2D eigenvalue weighted by molar-refractivity contribution is -0.119. The summed E-state index contributed by atoms with van der Waals surface area (Å²) in [6.45, 7) is 10.5. The van der Waals surface area contributed by atoms with Crippen LogP contribution in [-0.2, 0) is 16.0 Å². The first-order chi connectivity index (χ1) is 14.5. The van der Waals surface area contributed by atoms with Gasteiger partial charge in [0.1, 0.15) is 27.9 Å². The molecule has 30 heavy (non-hydrogen) atoms. The number of piperidine rings is 1. The van der Waals surface area contributed by atoms with E-state index >= 15 is 0 Å². The third-order valence-electron chi connectivity index (χ3n) is 5.01. The number of Topliss-reactive ketones (excluding diaryl/α,β-unsaturated/α-hetero) is 1. The normalized spacial score (nSPS) is 14.6. The van der Waals surface area contributed by atoms with Gasteiger partial charge < -0.3 is 10.6 Å². The monoisotopic (exact) mass is 419 g/mol. The van der Waals surface area contributed by atoms with Gasteiger partial charge in [-0.25, -0.2) is 9.83 Å². The summed E-state index contributed by atoms with van der Waals surface area (Å²) in [5, 5.41) is 9.49. The average molecular weight is 420 g/mol. The summed E-state index contributed by atoms with van der Waals surface area (Å²) in [4.78, 5) is 34.1. The molecule has 2 heterocycles. The molecule has 1 aliphatic heterocycles. The van der Waals surface area contributed by atoms with Crippen molar-refractivity contribution in [1.29, 1.82) is 5.26 Å². The van der Waals surface area contributed by atoms with E-state index in [1.54, 1.807) is 12.1 Å². The van der Waals surface area contributed by atoms with Gasteiger partial charge in [0.15, 0.2) is 0 Å². The minimum absolute atomic E-state index is 0.187. The molecular formula is C22H21N5O2S. The zero-order chi connectivity index (χ0) is 21.7. The number of amides is 1. The number of carbonyl (C=O) groups excluding carboxylic acids is 2. The Bertz CT molecular complexity index is 1050. The molecule has 1 aromatic heterocycles. The molecule has 2 N–H and O–H groups in total. The Morgan fingerprint density at radius 3 is 2.57 bits per heavy atom. The summed E-state index contributed by atoms with van der Waals surface area (Å²) in [5.41, 5.74) is 7.62. The van der Waals surface area contributed by atoms with Crippen LogP contribution in [-0.4, -0.2) is 29.8 Å². The molecule has 1 atom stereocenters. The second-order valence-corrected chi connectivity index (χ2v) is 7.95. The highest BCUT2D eigenvalue weighted by Gasteiger charge is 2.28. The molecule has 1 unspecified atom stereocenters. The fourth-order valence-electron chi connectivity index (χ4n) is 3.47. The summed E-state index contributed by atoms with van der Waals surface area (Å²) >= 11 is 1.12. The van der Waals surface area contributed by atoms with E-state index in [0.29, 0.717) is 60.0 Å². The van der Waals surface area contributed by atoms with Gasteiger partial charge in [-0.15, -0.1) is 0 Å². The average Bonchev–Trinajstić information content (AvgIpc) is 2.77. The van der Waals surface area contributed by atoms with Crippen molar-refractivity contribution in [3.63, 3.8) is 0 Å². The number of hydrogen-bond acceptors (Lipinski definition) is 6. The van der Waals surface area contributed by atoms with Crippen LogP contribution in [0, 0.1) is 17.9 Å². The number of primary amides is 1. The summed E-state index contributed by atoms with van der Waals surface area (Å²) in [7, 11) is 0. The van der Waals surface area contributed by atoms with E-state index in [-0.39, 0.29) is 5.78 Å². The first kappa shape index (κ1) is 21.4. The summed E-state index contributed by atoms with van der Waals surface area (Å²) in [6, 6.07) is 11.3. The zero-order valence-electron chi connectivity index (χ0n) is 16.6. The Kier molecular flexibility index (Phi) is 6.71. The number of nitriles is 1. The molecule has 3 rings (SSSR count). The number of nitrogens with two attached hydrogens (primary N) is 1. The highest BCUT2D eigenvalue weighted by Crippen LogP contribution is 2.42. The zero-order valence-corrected chi connectivity index (χ0v) is 17.4. The van der Waals surface area contributed by atoms with E-state index in [0.717, 1.165) is 17.3 Å². The second kappa shape index (κ2) is 9.43. The molecule has 1 fully saturated rings. The van der Waals surface area contributed by atoms with Crippen molar-refractivity contribution < 1.29 is 9.59 Å². The maximum atomic E-state index is 12.2. The van der Waals surface area contributed by atoms with Gasteiger partial charge in [-0.3, -0.25) is 9.59 Å². The fraction of sp³-hybridized carbons (Fsp3) is 0.318. The number of thioether (sulfide) groups is 1. The highest BCUT2D eigenvalue weighted by molar-refractivity contribution is 8.00. The van der Waals surface area contributed by atoms with Crippen molar-refractivity contribution >= 4 is 35.0 Å². The Morgan fingerprint density at radius 2 is 2.03 bits per heavy atom. The van der Waals surface area contributed by atoms with E-state index < -0.39 is 11.2 Å². The van der Waals surface area contributed by atoms with Crippen LogP contribution in [0.2, 0.25) is 0 Å². The molecule has 8 heteroatoms. The Hall–Kier alpha value is -3.36. The number of aromatic nitrogens is 1. The van der Waals surface area contributed by atoms with Crippen molar-refractivity contribution in [3.8, 4) is 6.07 Å². The van der Waals surface area contributed by atoms with Gasteiger partial charge in [0, 0.05) is 25.9 Å². The highest BCUT2D eigenvalue weighted by atomic mass is 32.2. The number of carbonyl (C=O) groups is 2. The predicted octanol–water partition coefficient (Wildman–Crippen LogP) is 3.55. The number of pyridine rings is 1. The van der Waals surface area contributed by atoms with E-state index in [1.807, 2.05) is 30.0 Å². The van der Waals surface area contributed by atoms with Crippen LogP contribution < -0.4 is 10.6 Å². The molecule has 2 aromatic rings. The molecule has 0 spiro atoms. The lowest BCUT2D eigenvalue weighted by Crippen LogP contribution is -2.34. The molecule has 0 saturated carbocycles. The molecule has 1 aromatic carbocycles. The van der Waals surface area contributed by atoms with Gasteiger partial charge in [-0.1, -0.05) is 49.0 Å². The Morgan fingerprint density at radius 1 is 1.37 bits per heavy atom. The van der Waals surface area contributed by atoms with E-state index in [1.165, 1.54) is 0 Å². The van der Waals surface area contributed by atoms with Gasteiger partial charge in [0.05, 0.1) is 12.1 Å². The standard InChI is InChI=1S/C22H21N5O2S/c1-3-16-17(13-23)22(30-19(20(24)29)14-7-5-4-6-8-14)26-21(18(16)25-2)27-11-9-15(28)10-12-27/h4-8,19H,3,9-12H2,1H3,(H2,24,29). The SMILES string of the molecule is [C-]#[N+]c1c(N2CCC(=O)CC2)nc(SC(C(N)=O)c2ccccc2)c(C#N)c1CC. The Labute approximate surface area is 179 Å². The molecule has 0 aliphatic carbocycles. The van der Waals surface area contributed by atoms with Gasteiger partial charge >= 0.3 is 0 Å². The number of ketones is 1. The van der Waals surface area contributed by atoms with Crippen LogP contribution in [0.3, 0.4) is 0 Å². The van der Waals surface area contributed by atoms with E-state index in [4.69, 9.17) is 12.3 Å². The van der Waals surface area contributed by atoms with Crippen molar-refractivity contribution in [2.75, 3.05) is 18.0 Å². The van der Waals surface area contributed by atoms with Crippen LogP contribution in [0.4, 0.5) is 11.5 Å². The van der Waals surface area contributed by atoms with Crippen molar-refractivity contribution in [1.82, 2.24) is 4.98 Å². The van der Waals surface area contributed by atoms with Crippen LogP contribution in [0.25, 0.3) is 4.85 Å². The number of nitrogens with zero attached hydrogens (tertiary/aromatic N) is 4. The quantitative estimate of drug-likeness (QED) is 0.567. The number of hydrogen-bond donors (Lipinski definition) is 1. The molecule has 1 aliphatic rings. The molecule has 152 valence electrons. The maximum Gasteiger partial charge on any atom is 0.235 e. The first-order valence-corrected chi connectivity index (χ1v) is 10.5. The summed E-state index contributed by atoms with van der Waals surface area (Å²) < 4.78 is 0. The van der Waals surface area contributed by atoms with Crippen LogP contribution in [0.5, 0.6) is 0 Å². The molecule has 7 nitrogen and oxygen atoms in total. The first-order valence-electron chi connectivity index (χ1n) is 9.62. The van der Waals surface area contributed by atoms with Gasteiger partial charge in [-0.2, -0.15) is 5.26 Å². The number of rotatable bonds is 6. The van der Waals surface area contributed by atoms with Crippen molar-refractivity contribution in [2.24, 2.45) is 5.73 Å². The van der Waals surface area contributed by atoms with E-state index in [2.05, 4.69) is 15.9 Å². The summed E-state index contributed by atoms with van der Waals surface area (Å²) in [6.07, 6.45) is 1.27. The minimum Gasteiger partial charge on any atom is -0.368 e. The lowest BCUT2D eigenvalue weighted by Gasteiger charge is -2.29. The smallest absolute Gasteiger partial charge is 0.235 e. The fourth-order valence-corrected chi connectivity index (χ4v) is 4.53. The number of anilines is 1.